The van der Waals surface area contributed by atoms with Crippen molar-refractivity contribution in [3.8, 4) is 11.3 Å². The zero-order valence-electron chi connectivity index (χ0n) is 10.6. The fraction of sp³-hybridized carbons (Fsp3) is 0.0769. The Labute approximate surface area is 135 Å². The average Bonchev–Trinajstić information content (AvgIpc) is 3.05. The van der Waals surface area contributed by atoms with Crippen molar-refractivity contribution in [2.24, 2.45) is 0 Å². The second kappa shape index (κ2) is 5.93. The molecule has 2 aromatic heterocycles. The molecular weight excluding hydrogens is 331 g/mol. The maximum Gasteiger partial charge on any atom is 0.214 e. The van der Waals surface area contributed by atoms with Crippen LogP contribution in [0.2, 0.25) is 10.0 Å². The minimum atomic E-state index is 0.471. The SMILES string of the molecule is S=c1[nH]ncn1NCc1ccc(-c2ccc(Cl)cc2Cl)o1. The molecule has 1 aromatic carbocycles. The van der Waals surface area contributed by atoms with Crippen LogP contribution >= 0.6 is 35.4 Å². The molecule has 0 radical (unpaired) electrons. The van der Waals surface area contributed by atoms with Crippen LogP contribution in [0.25, 0.3) is 11.3 Å². The molecule has 21 heavy (non-hydrogen) atoms. The lowest BCUT2D eigenvalue weighted by molar-refractivity contribution is 0.522. The summed E-state index contributed by atoms with van der Waals surface area (Å²) in [6, 6.07) is 9.02. The van der Waals surface area contributed by atoms with E-state index in [-0.39, 0.29) is 0 Å². The number of furan rings is 1. The van der Waals surface area contributed by atoms with Gasteiger partial charge in [-0.15, -0.1) is 0 Å². The molecule has 0 aliphatic rings. The smallest absolute Gasteiger partial charge is 0.214 e. The van der Waals surface area contributed by atoms with Gasteiger partial charge in [-0.1, -0.05) is 23.2 Å². The average molecular weight is 341 g/mol. The molecule has 0 amide bonds. The molecule has 3 rings (SSSR count). The minimum Gasteiger partial charge on any atom is -0.459 e. The van der Waals surface area contributed by atoms with Crippen molar-refractivity contribution >= 4 is 35.4 Å². The molecule has 2 N–H and O–H groups in total. The molecule has 0 bridgehead atoms. The Kier molecular flexibility index (Phi) is 4.01. The summed E-state index contributed by atoms with van der Waals surface area (Å²) in [5.74, 6) is 1.43. The van der Waals surface area contributed by atoms with E-state index < -0.39 is 0 Å². The second-order valence-corrected chi connectivity index (χ2v) is 5.49. The normalized spacial score (nSPS) is 10.8. The maximum atomic E-state index is 6.16. The highest BCUT2D eigenvalue weighted by atomic mass is 35.5. The molecule has 0 saturated heterocycles. The first-order chi connectivity index (χ1) is 10.1. The van der Waals surface area contributed by atoms with Gasteiger partial charge in [0.1, 0.15) is 17.8 Å². The predicted molar refractivity (Wildman–Crippen MR) is 84.6 cm³/mol. The Morgan fingerprint density at radius 1 is 1.29 bits per heavy atom. The predicted octanol–water partition coefficient (Wildman–Crippen LogP) is 4.25. The molecule has 0 aliphatic carbocycles. The number of H-pyrrole nitrogens is 1. The first-order valence-corrected chi connectivity index (χ1v) is 7.20. The van der Waals surface area contributed by atoms with E-state index in [9.17, 15) is 0 Å². The fourth-order valence-electron chi connectivity index (χ4n) is 1.83. The van der Waals surface area contributed by atoms with E-state index in [1.54, 1.807) is 23.1 Å². The van der Waals surface area contributed by atoms with Gasteiger partial charge in [0.15, 0.2) is 0 Å². The molecule has 108 valence electrons. The van der Waals surface area contributed by atoms with E-state index in [1.807, 2.05) is 18.2 Å². The van der Waals surface area contributed by atoms with Gasteiger partial charge in [-0.25, -0.2) is 4.68 Å². The number of benzene rings is 1. The Morgan fingerprint density at radius 3 is 2.86 bits per heavy atom. The summed E-state index contributed by atoms with van der Waals surface area (Å²) in [5.41, 5.74) is 3.87. The quantitative estimate of drug-likeness (QED) is 0.697. The standard InChI is InChI=1S/C13H10Cl2N4OS/c14-8-1-3-10(11(15)5-8)12-4-2-9(20-12)6-17-19-7-16-18-13(19)21/h1-5,7,17H,6H2,(H,18,21). The highest BCUT2D eigenvalue weighted by Gasteiger charge is 2.09. The third-order valence-electron chi connectivity index (χ3n) is 2.83. The highest BCUT2D eigenvalue weighted by Crippen LogP contribution is 2.31. The van der Waals surface area contributed by atoms with Gasteiger partial charge in [0, 0.05) is 10.6 Å². The molecule has 0 saturated carbocycles. The van der Waals surface area contributed by atoms with E-state index in [0.717, 1.165) is 11.3 Å². The molecule has 0 unspecified atom stereocenters. The van der Waals surface area contributed by atoms with Crippen molar-refractivity contribution in [3.63, 3.8) is 0 Å². The number of nitrogens with one attached hydrogen (secondary N) is 2. The molecule has 8 heteroatoms. The summed E-state index contributed by atoms with van der Waals surface area (Å²) < 4.78 is 7.85. The van der Waals surface area contributed by atoms with Crippen LogP contribution in [-0.4, -0.2) is 14.9 Å². The van der Waals surface area contributed by atoms with Crippen molar-refractivity contribution in [1.29, 1.82) is 0 Å². The number of aromatic amines is 1. The molecule has 5 nitrogen and oxygen atoms in total. The molecule has 0 aliphatic heterocycles. The van der Waals surface area contributed by atoms with E-state index in [2.05, 4.69) is 15.6 Å². The van der Waals surface area contributed by atoms with Gasteiger partial charge in [0.25, 0.3) is 0 Å². The minimum absolute atomic E-state index is 0.471. The second-order valence-electron chi connectivity index (χ2n) is 4.26. The van der Waals surface area contributed by atoms with Gasteiger partial charge < -0.3 is 9.84 Å². The van der Waals surface area contributed by atoms with Gasteiger partial charge in [0.2, 0.25) is 4.77 Å². The summed E-state index contributed by atoms with van der Waals surface area (Å²) in [6.45, 7) is 0.471. The zero-order chi connectivity index (χ0) is 14.8. The highest BCUT2D eigenvalue weighted by molar-refractivity contribution is 7.71. The van der Waals surface area contributed by atoms with Crippen LogP contribution in [0.15, 0.2) is 41.1 Å². The van der Waals surface area contributed by atoms with Crippen molar-refractivity contribution in [2.75, 3.05) is 5.43 Å². The number of nitrogens with zero attached hydrogens (tertiary/aromatic N) is 2. The lowest BCUT2D eigenvalue weighted by Crippen LogP contribution is -2.12. The van der Waals surface area contributed by atoms with Crippen molar-refractivity contribution in [1.82, 2.24) is 14.9 Å². The van der Waals surface area contributed by atoms with Crippen LogP contribution in [0.1, 0.15) is 5.76 Å². The molecule has 0 fully saturated rings. The van der Waals surface area contributed by atoms with Crippen LogP contribution in [0.3, 0.4) is 0 Å². The van der Waals surface area contributed by atoms with Crippen LogP contribution in [-0.2, 0) is 6.54 Å². The number of aromatic nitrogens is 3. The number of rotatable bonds is 4. The van der Waals surface area contributed by atoms with E-state index in [1.165, 1.54) is 0 Å². The maximum absolute atomic E-state index is 6.16. The molecule has 0 atom stereocenters. The van der Waals surface area contributed by atoms with Crippen LogP contribution < -0.4 is 5.43 Å². The van der Waals surface area contributed by atoms with Crippen LogP contribution in [0.4, 0.5) is 0 Å². The number of hydrogen-bond donors (Lipinski definition) is 2. The monoisotopic (exact) mass is 340 g/mol. The summed E-state index contributed by atoms with van der Waals surface area (Å²) >= 11 is 17.1. The Hall–Kier alpha value is -1.76. The summed E-state index contributed by atoms with van der Waals surface area (Å²) in [6.07, 6.45) is 1.56. The Balaban J connectivity index is 1.77. The Morgan fingerprint density at radius 2 is 2.14 bits per heavy atom. The third kappa shape index (κ3) is 3.12. The topological polar surface area (TPSA) is 58.8 Å². The summed E-state index contributed by atoms with van der Waals surface area (Å²) in [5, 5.41) is 7.61. The molecule has 3 aromatic rings. The van der Waals surface area contributed by atoms with E-state index >= 15 is 0 Å². The van der Waals surface area contributed by atoms with Crippen molar-refractivity contribution in [2.45, 2.75) is 6.54 Å². The fourth-order valence-corrected chi connectivity index (χ4v) is 2.50. The lowest BCUT2D eigenvalue weighted by Gasteiger charge is -2.04. The van der Waals surface area contributed by atoms with Crippen LogP contribution in [0.5, 0.6) is 0 Å². The van der Waals surface area contributed by atoms with Crippen molar-refractivity contribution < 1.29 is 4.42 Å². The molecule has 2 heterocycles. The third-order valence-corrected chi connectivity index (χ3v) is 3.67. The van der Waals surface area contributed by atoms with E-state index in [4.69, 9.17) is 39.8 Å². The molecule has 0 spiro atoms. The van der Waals surface area contributed by atoms with Gasteiger partial charge in [0.05, 0.1) is 11.6 Å². The Bertz CT molecular complexity index is 823. The first-order valence-electron chi connectivity index (χ1n) is 6.03. The zero-order valence-corrected chi connectivity index (χ0v) is 13.0. The number of halogens is 2. The number of hydrogen-bond acceptors (Lipinski definition) is 4. The first kappa shape index (κ1) is 14.2. The van der Waals surface area contributed by atoms with Crippen molar-refractivity contribution in [3.05, 3.63) is 57.2 Å². The van der Waals surface area contributed by atoms with Gasteiger partial charge in [-0.3, -0.25) is 5.10 Å². The molecular formula is C13H10Cl2N4OS. The summed E-state index contributed by atoms with van der Waals surface area (Å²) in [7, 11) is 0. The van der Waals surface area contributed by atoms with Gasteiger partial charge >= 0.3 is 0 Å². The van der Waals surface area contributed by atoms with Gasteiger partial charge in [-0.2, -0.15) is 5.10 Å². The summed E-state index contributed by atoms with van der Waals surface area (Å²) in [4.78, 5) is 0. The van der Waals surface area contributed by atoms with E-state index in [0.29, 0.717) is 27.1 Å². The largest absolute Gasteiger partial charge is 0.459 e. The van der Waals surface area contributed by atoms with Crippen LogP contribution in [0, 0.1) is 4.77 Å². The lowest BCUT2D eigenvalue weighted by atomic mass is 10.2. The van der Waals surface area contributed by atoms with Gasteiger partial charge in [-0.05, 0) is 42.5 Å².